The first kappa shape index (κ1) is 13.2. The first-order valence-corrected chi connectivity index (χ1v) is 5.30. The minimum atomic E-state index is -1.11. The average molecular weight is 240 g/mol. The first-order chi connectivity index (χ1) is 8.00. The third-order valence-electron chi connectivity index (χ3n) is 1.99. The molecule has 6 heteroatoms. The molecule has 0 fully saturated rings. The molecule has 1 heterocycles. The molecule has 0 spiro atoms. The van der Waals surface area contributed by atoms with E-state index in [-0.39, 0.29) is 30.8 Å². The monoisotopic (exact) mass is 240 g/mol. The Balaban J connectivity index is 2.38. The molecule has 0 radical (unpaired) electrons. The van der Waals surface area contributed by atoms with Crippen LogP contribution in [0.1, 0.15) is 30.0 Å². The standard InChI is InChI=1S/C11H16N2O4/c1-7(2)13-9(14)6-12-5-8-3-4-17-10(8)11(15)16/h3-4,7,12H,5-6H2,1-2H3,(H,13,14)(H,15,16). The van der Waals surface area contributed by atoms with Crippen molar-refractivity contribution < 1.29 is 19.1 Å². The zero-order valence-electron chi connectivity index (χ0n) is 9.82. The molecule has 0 aliphatic carbocycles. The van der Waals surface area contributed by atoms with E-state index in [1.165, 1.54) is 6.26 Å². The summed E-state index contributed by atoms with van der Waals surface area (Å²) in [6.45, 7) is 4.17. The molecule has 3 N–H and O–H groups in total. The lowest BCUT2D eigenvalue weighted by Crippen LogP contribution is -2.37. The van der Waals surface area contributed by atoms with Gasteiger partial charge < -0.3 is 20.2 Å². The quantitative estimate of drug-likeness (QED) is 0.677. The second kappa shape index (κ2) is 6.05. The second-order valence-electron chi connectivity index (χ2n) is 3.91. The molecule has 0 saturated carbocycles. The number of amides is 1. The lowest BCUT2D eigenvalue weighted by atomic mass is 10.2. The molecule has 1 aromatic heterocycles. The summed E-state index contributed by atoms with van der Waals surface area (Å²) < 4.78 is 4.81. The van der Waals surface area contributed by atoms with E-state index in [1.807, 2.05) is 13.8 Å². The number of aromatic carboxylic acids is 1. The molecular weight excluding hydrogens is 224 g/mol. The SMILES string of the molecule is CC(C)NC(=O)CNCc1ccoc1C(=O)O. The van der Waals surface area contributed by atoms with Gasteiger partial charge in [0.2, 0.25) is 11.7 Å². The molecule has 1 amide bonds. The van der Waals surface area contributed by atoms with Crippen molar-refractivity contribution in [1.82, 2.24) is 10.6 Å². The van der Waals surface area contributed by atoms with Crippen molar-refractivity contribution >= 4 is 11.9 Å². The summed E-state index contributed by atoms with van der Waals surface area (Å²) in [5.74, 6) is -1.33. The van der Waals surface area contributed by atoms with E-state index in [2.05, 4.69) is 10.6 Å². The molecule has 0 saturated heterocycles. The third-order valence-corrected chi connectivity index (χ3v) is 1.99. The number of carboxylic acids is 1. The van der Waals surface area contributed by atoms with Gasteiger partial charge in [-0.25, -0.2) is 4.79 Å². The third kappa shape index (κ3) is 4.28. The van der Waals surface area contributed by atoms with E-state index in [0.717, 1.165) is 0 Å². The van der Waals surface area contributed by atoms with Crippen LogP contribution >= 0.6 is 0 Å². The zero-order valence-corrected chi connectivity index (χ0v) is 9.82. The first-order valence-electron chi connectivity index (χ1n) is 5.30. The number of carbonyl (C=O) groups excluding carboxylic acids is 1. The molecule has 1 aromatic rings. The van der Waals surface area contributed by atoms with Crippen molar-refractivity contribution in [3.05, 3.63) is 23.7 Å². The predicted octanol–water partition coefficient (Wildman–Crippen LogP) is 0.592. The number of nitrogens with one attached hydrogen (secondary N) is 2. The average Bonchev–Trinajstić information content (AvgIpc) is 2.64. The molecule has 0 aromatic carbocycles. The van der Waals surface area contributed by atoms with Crippen molar-refractivity contribution in [2.75, 3.05) is 6.54 Å². The number of hydrogen-bond acceptors (Lipinski definition) is 4. The Morgan fingerprint density at radius 3 is 2.76 bits per heavy atom. The topological polar surface area (TPSA) is 91.6 Å². The van der Waals surface area contributed by atoms with Crippen LogP contribution in [-0.4, -0.2) is 29.6 Å². The van der Waals surface area contributed by atoms with Crippen LogP contribution in [0.25, 0.3) is 0 Å². The minimum absolute atomic E-state index is 0.0906. The van der Waals surface area contributed by atoms with Gasteiger partial charge in [0.05, 0.1) is 12.8 Å². The van der Waals surface area contributed by atoms with Crippen molar-refractivity contribution in [2.45, 2.75) is 26.4 Å². The summed E-state index contributed by atoms with van der Waals surface area (Å²) >= 11 is 0. The lowest BCUT2D eigenvalue weighted by molar-refractivity contribution is -0.120. The van der Waals surface area contributed by atoms with Crippen LogP contribution in [0.2, 0.25) is 0 Å². The number of carboxylic acid groups (broad SMARTS) is 1. The summed E-state index contributed by atoms with van der Waals surface area (Å²) in [6, 6.07) is 1.66. The Bertz CT molecular complexity index is 398. The van der Waals surface area contributed by atoms with Crippen molar-refractivity contribution in [1.29, 1.82) is 0 Å². The van der Waals surface area contributed by atoms with Gasteiger partial charge >= 0.3 is 5.97 Å². The highest BCUT2D eigenvalue weighted by molar-refractivity contribution is 5.86. The van der Waals surface area contributed by atoms with Gasteiger partial charge in [0.1, 0.15) is 0 Å². The normalized spacial score (nSPS) is 10.5. The van der Waals surface area contributed by atoms with Gasteiger partial charge in [-0.1, -0.05) is 0 Å². The van der Waals surface area contributed by atoms with Crippen LogP contribution in [0.3, 0.4) is 0 Å². The largest absolute Gasteiger partial charge is 0.475 e. The fourth-order valence-electron chi connectivity index (χ4n) is 1.35. The number of furan rings is 1. The van der Waals surface area contributed by atoms with Crippen molar-refractivity contribution in [2.24, 2.45) is 0 Å². The van der Waals surface area contributed by atoms with Crippen molar-refractivity contribution in [3.63, 3.8) is 0 Å². The van der Waals surface area contributed by atoms with E-state index >= 15 is 0 Å². The van der Waals surface area contributed by atoms with Gasteiger partial charge in [-0.2, -0.15) is 0 Å². The maximum Gasteiger partial charge on any atom is 0.372 e. The Morgan fingerprint density at radius 2 is 2.18 bits per heavy atom. The van der Waals surface area contributed by atoms with Gasteiger partial charge in [-0.05, 0) is 19.9 Å². The molecule has 6 nitrogen and oxygen atoms in total. The number of rotatable bonds is 6. The van der Waals surface area contributed by atoms with Crippen LogP contribution in [-0.2, 0) is 11.3 Å². The fourth-order valence-corrected chi connectivity index (χ4v) is 1.35. The maximum atomic E-state index is 11.3. The molecule has 1 rings (SSSR count). The Morgan fingerprint density at radius 1 is 1.47 bits per heavy atom. The van der Waals surface area contributed by atoms with E-state index in [1.54, 1.807) is 6.07 Å². The fraction of sp³-hybridized carbons (Fsp3) is 0.455. The van der Waals surface area contributed by atoms with Gasteiger partial charge in [0.25, 0.3) is 0 Å². The zero-order chi connectivity index (χ0) is 12.8. The highest BCUT2D eigenvalue weighted by Gasteiger charge is 2.13. The molecule has 0 unspecified atom stereocenters. The van der Waals surface area contributed by atoms with Gasteiger partial charge in [0.15, 0.2) is 0 Å². The molecule has 17 heavy (non-hydrogen) atoms. The summed E-state index contributed by atoms with van der Waals surface area (Å²) in [5, 5.41) is 14.4. The number of carbonyl (C=O) groups is 2. The van der Waals surface area contributed by atoms with Gasteiger partial charge in [-0.15, -0.1) is 0 Å². The Labute approximate surface area is 99.0 Å². The lowest BCUT2D eigenvalue weighted by Gasteiger charge is -2.08. The Kier molecular flexibility index (Phi) is 4.71. The van der Waals surface area contributed by atoms with E-state index in [9.17, 15) is 9.59 Å². The summed E-state index contributed by atoms with van der Waals surface area (Å²) in [5.41, 5.74) is 0.523. The summed E-state index contributed by atoms with van der Waals surface area (Å²) in [4.78, 5) is 22.0. The Hall–Kier alpha value is -1.82. The highest BCUT2D eigenvalue weighted by atomic mass is 16.4. The van der Waals surface area contributed by atoms with Crippen LogP contribution in [0.15, 0.2) is 16.7 Å². The van der Waals surface area contributed by atoms with E-state index in [0.29, 0.717) is 5.56 Å². The van der Waals surface area contributed by atoms with Crippen LogP contribution in [0.5, 0.6) is 0 Å². The summed E-state index contributed by atoms with van der Waals surface area (Å²) in [7, 11) is 0. The molecule has 0 aliphatic rings. The van der Waals surface area contributed by atoms with Gasteiger partial charge in [0, 0.05) is 18.2 Å². The smallest absolute Gasteiger partial charge is 0.372 e. The highest BCUT2D eigenvalue weighted by Crippen LogP contribution is 2.09. The summed E-state index contributed by atoms with van der Waals surface area (Å²) in [6.07, 6.45) is 1.31. The van der Waals surface area contributed by atoms with Crippen LogP contribution in [0, 0.1) is 0 Å². The van der Waals surface area contributed by atoms with Crippen LogP contribution in [0.4, 0.5) is 0 Å². The van der Waals surface area contributed by atoms with Crippen molar-refractivity contribution in [3.8, 4) is 0 Å². The molecular formula is C11H16N2O4. The second-order valence-corrected chi connectivity index (χ2v) is 3.91. The van der Waals surface area contributed by atoms with E-state index in [4.69, 9.17) is 9.52 Å². The van der Waals surface area contributed by atoms with Gasteiger partial charge in [-0.3, -0.25) is 4.79 Å². The number of hydrogen-bond donors (Lipinski definition) is 3. The van der Waals surface area contributed by atoms with Crippen LogP contribution < -0.4 is 10.6 Å². The minimum Gasteiger partial charge on any atom is -0.475 e. The maximum absolute atomic E-state index is 11.3. The molecule has 0 atom stereocenters. The molecule has 94 valence electrons. The predicted molar refractivity (Wildman–Crippen MR) is 60.7 cm³/mol. The van der Waals surface area contributed by atoms with E-state index < -0.39 is 5.97 Å². The molecule has 0 bridgehead atoms. The molecule has 0 aliphatic heterocycles.